The fraction of sp³-hybridized carbons (Fsp3) is 0.0294. The number of allylic oxidation sites excluding steroid dienone is 2. The second-order valence-corrected chi connectivity index (χ2v) is 19.6. The van der Waals surface area contributed by atoms with E-state index in [0.29, 0.717) is 5.95 Å². The molecule has 14 aromatic rings. The molecule has 0 fully saturated rings. The first-order valence-corrected chi connectivity index (χ1v) is 25.1. The van der Waals surface area contributed by atoms with Crippen LogP contribution in [-0.2, 0) is 0 Å². The van der Waals surface area contributed by atoms with Crippen LogP contribution in [0, 0.1) is 0 Å². The van der Waals surface area contributed by atoms with Gasteiger partial charge < -0.3 is 13.9 Å². The van der Waals surface area contributed by atoms with Crippen molar-refractivity contribution in [1.29, 1.82) is 0 Å². The molecule has 0 spiro atoms. The van der Waals surface area contributed by atoms with Gasteiger partial charge in [-0.15, -0.1) is 0 Å². The number of rotatable bonds is 5. The van der Waals surface area contributed by atoms with E-state index in [1.807, 2.05) is 12.1 Å². The smallest absolute Gasteiger partial charge is 0.231 e. The summed E-state index contributed by atoms with van der Waals surface area (Å²) in [6.45, 7) is 0. The van der Waals surface area contributed by atoms with Crippen LogP contribution in [-0.4, -0.2) is 20.6 Å². The van der Waals surface area contributed by atoms with Gasteiger partial charge in [0.2, 0.25) is 5.95 Å². The number of fused-ring (bicyclic) bond motifs is 15. The molecule has 1 aliphatic heterocycles. The molecule has 0 N–H and O–H groups in total. The predicted molar refractivity (Wildman–Crippen MR) is 303 cm³/mol. The van der Waals surface area contributed by atoms with Crippen molar-refractivity contribution in [3.05, 3.63) is 248 Å². The molecule has 2 aliphatic rings. The largest absolute Gasteiger partial charge is 0.456 e. The average Bonchev–Trinajstić information content (AvgIpc) is 4.11. The van der Waals surface area contributed by atoms with Crippen LogP contribution < -0.4 is 4.90 Å². The molecule has 2 atom stereocenters. The van der Waals surface area contributed by atoms with Crippen LogP contribution in [0.1, 0.15) is 11.5 Å². The van der Waals surface area contributed by atoms with Crippen molar-refractivity contribution in [2.45, 2.75) is 12.0 Å². The lowest BCUT2D eigenvalue weighted by Crippen LogP contribution is -2.30. The Bertz CT molecular complexity index is 4590. The second kappa shape index (κ2) is 15.5. The van der Waals surface area contributed by atoms with Crippen LogP contribution in [0.15, 0.2) is 247 Å². The monoisotopic (exact) mass is 930 g/mol. The Hall–Kier alpha value is -9.58. The van der Waals surface area contributed by atoms with Gasteiger partial charge in [-0.05, 0) is 133 Å². The number of anilines is 2. The predicted octanol–water partition coefficient (Wildman–Crippen LogP) is 17.8. The number of aromatic nitrogens is 3. The van der Waals surface area contributed by atoms with Gasteiger partial charge in [0, 0.05) is 50.0 Å². The highest BCUT2D eigenvalue weighted by Crippen LogP contribution is 2.50. The zero-order chi connectivity index (χ0) is 47.7. The van der Waals surface area contributed by atoms with E-state index >= 15 is 0 Å². The molecule has 0 amide bonds. The Labute approximate surface area is 419 Å². The maximum atomic E-state index is 6.23. The third-order valence-electron chi connectivity index (χ3n) is 15.7. The van der Waals surface area contributed by atoms with E-state index in [0.717, 1.165) is 72.1 Å². The second-order valence-electron chi connectivity index (χ2n) is 19.6. The number of hydrogen-bond donors (Lipinski definition) is 0. The molecular formula is C68H42N4O. The molecule has 340 valence electrons. The summed E-state index contributed by atoms with van der Waals surface area (Å²) in [6.07, 6.45) is 9.04. The zero-order valence-corrected chi connectivity index (χ0v) is 39.4. The number of benzene rings is 11. The first-order chi connectivity index (χ1) is 36.2. The fourth-order valence-corrected chi connectivity index (χ4v) is 12.4. The summed E-state index contributed by atoms with van der Waals surface area (Å²) in [5, 5.41) is 14.2. The van der Waals surface area contributed by atoms with Crippen molar-refractivity contribution < 1.29 is 4.42 Å². The fourth-order valence-electron chi connectivity index (χ4n) is 12.4. The van der Waals surface area contributed by atoms with Crippen LogP contribution in [0.3, 0.4) is 0 Å². The lowest BCUT2D eigenvalue weighted by Gasteiger charge is -2.27. The molecule has 0 saturated heterocycles. The number of furan rings is 1. The highest BCUT2D eigenvalue weighted by molar-refractivity contribution is 6.16. The molecule has 2 unspecified atom stereocenters. The standard InChI is InChI=1S/C68H42N4O/c1-3-17-46-43(15-1)37-55(50-21-7-5-19-48(46)50)60-40-61(56-38-44-16-2-4-18-47(44)49-20-6-8-22-51(49)56)70-68(69-60)72-63-27-13-10-24-53(63)58-36-42(30-33-65(58)72)41-29-32-64-57(35-41)52-23-9-12-26-62(52)71(64)45-31-34-67-59(39-45)54-25-11-14-28-66(54)73-67/h1-40,53,63H. The maximum absolute atomic E-state index is 6.23. The van der Waals surface area contributed by atoms with E-state index in [-0.39, 0.29) is 12.0 Å². The molecule has 5 heteroatoms. The van der Waals surface area contributed by atoms with Crippen LogP contribution >= 0.6 is 0 Å². The van der Waals surface area contributed by atoms with Crippen LogP contribution in [0.2, 0.25) is 0 Å². The Morgan fingerprint density at radius 3 is 1.67 bits per heavy atom. The van der Waals surface area contributed by atoms with E-state index in [2.05, 4.69) is 240 Å². The van der Waals surface area contributed by atoms with Crippen molar-refractivity contribution in [3.8, 4) is 39.3 Å². The molecular weight excluding hydrogens is 889 g/mol. The number of nitrogens with zero attached hydrogens (tertiary/aromatic N) is 4. The summed E-state index contributed by atoms with van der Waals surface area (Å²) >= 11 is 0. The Morgan fingerprint density at radius 1 is 0.384 bits per heavy atom. The van der Waals surface area contributed by atoms with E-state index in [1.54, 1.807) is 0 Å². The molecule has 0 radical (unpaired) electrons. The van der Waals surface area contributed by atoms with Crippen molar-refractivity contribution in [2.24, 2.45) is 0 Å². The Balaban J connectivity index is 0.873. The summed E-state index contributed by atoms with van der Waals surface area (Å²) in [6, 6.07) is 79.2. The molecule has 11 aromatic carbocycles. The third kappa shape index (κ3) is 6.03. The van der Waals surface area contributed by atoms with Gasteiger partial charge in [0.25, 0.3) is 0 Å². The van der Waals surface area contributed by atoms with E-state index in [1.165, 1.54) is 65.3 Å². The topological polar surface area (TPSA) is 47.1 Å². The van der Waals surface area contributed by atoms with Gasteiger partial charge in [0.05, 0.1) is 28.5 Å². The first-order valence-electron chi connectivity index (χ1n) is 25.1. The summed E-state index contributed by atoms with van der Waals surface area (Å²) in [5.74, 6) is 0.775. The van der Waals surface area contributed by atoms with Crippen LogP contribution in [0.4, 0.5) is 11.6 Å². The Kier molecular flexibility index (Phi) is 8.51. The van der Waals surface area contributed by atoms with E-state index in [4.69, 9.17) is 14.4 Å². The summed E-state index contributed by atoms with van der Waals surface area (Å²) < 4.78 is 8.63. The lowest BCUT2D eigenvalue weighted by atomic mass is 9.89. The maximum Gasteiger partial charge on any atom is 0.231 e. The summed E-state index contributed by atoms with van der Waals surface area (Å²) in [7, 11) is 0. The average molecular weight is 931 g/mol. The first kappa shape index (κ1) is 40.2. The molecule has 3 aromatic heterocycles. The summed E-state index contributed by atoms with van der Waals surface area (Å²) in [5.41, 5.74) is 13.9. The van der Waals surface area contributed by atoms with E-state index < -0.39 is 0 Å². The quantitative estimate of drug-likeness (QED) is 0.161. The Morgan fingerprint density at radius 2 is 0.945 bits per heavy atom. The molecule has 4 heterocycles. The lowest BCUT2D eigenvalue weighted by molar-refractivity contribution is 0.669. The summed E-state index contributed by atoms with van der Waals surface area (Å²) in [4.78, 5) is 13.7. The van der Waals surface area contributed by atoms with E-state index in [9.17, 15) is 0 Å². The van der Waals surface area contributed by atoms with Gasteiger partial charge in [0.1, 0.15) is 11.2 Å². The zero-order valence-electron chi connectivity index (χ0n) is 39.4. The molecule has 0 saturated carbocycles. The van der Waals surface area contributed by atoms with Gasteiger partial charge in [-0.25, -0.2) is 9.97 Å². The van der Waals surface area contributed by atoms with Crippen molar-refractivity contribution in [1.82, 2.24) is 14.5 Å². The van der Waals surface area contributed by atoms with Crippen LogP contribution in [0.5, 0.6) is 0 Å². The highest BCUT2D eigenvalue weighted by atomic mass is 16.3. The molecule has 0 bridgehead atoms. The normalized spacial score (nSPS) is 15.3. The van der Waals surface area contributed by atoms with Crippen molar-refractivity contribution >= 4 is 98.5 Å². The third-order valence-corrected chi connectivity index (χ3v) is 15.7. The molecule has 5 nitrogen and oxygen atoms in total. The SMILES string of the molecule is C1=CC2c3cc(-c4ccc5c(c4)c4ccccc4n5-c4ccc5oc6ccccc6c5c4)ccc3N(c3nc(-c4cc5ccccc5c5ccccc45)cc(-c4cc5ccccc5c5ccccc45)n3)C2C=C1. The molecule has 1 aliphatic carbocycles. The molecule has 16 rings (SSSR count). The van der Waals surface area contributed by atoms with Gasteiger partial charge >= 0.3 is 0 Å². The number of hydrogen-bond acceptors (Lipinski definition) is 4. The highest BCUT2D eigenvalue weighted by Gasteiger charge is 2.39. The van der Waals surface area contributed by atoms with Crippen LogP contribution in [0.25, 0.3) is 126 Å². The minimum atomic E-state index is -0.0230. The minimum absolute atomic E-state index is 0.0230. The van der Waals surface area contributed by atoms with Gasteiger partial charge in [-0.2, -0.15) is 0 Å². The van der Waals surface area contributed by atoms with Crippen molar-refractivity contribution in [2.75, 3.05) is 4.90 Å². The van der Waals surface area contributed by atoms with Gasteiger partial charge in [-0.1, -0.05) is 170 Å². The van der Waals surface area contributed by atoms with Gasteiger partial charge in [-0.3, -0.25) is 0 Å². The van der Waals surface area contributed by atoms with Gasteiger partial charge in [0.15, 0.2) is 0 Å². The number of para-hydroxylation sites is 2. The van der Waals surface area contributed by atoms with Crippen molar-refractivity contribution in [3.63, 3.8) is 0 Å². The molecule has 73 heavy (non-hydrogen) atoms. The minimum Gasteiger partial charge on any atom is -0.456 e.